The van der Waals surface area contributed by atoms with Gasteiger partial charge in [0.25, 0.3) is 0 Å². The second kappa shape index (κ2) is 5.81. The van der Waals surface area contributed by atoms with Crippen LogP contribution in [0.3, 0.4) is 0 Å². The third-order valence-corrected chi connectivity index (χ3v) is 2.82. The molecule has 0 bridgehead atoms. The topological polar surface area (TPSA) is 47.7 Å². The summed E-state index contributed by atoms with van der Waals surface area (Å²) in [6.07, 6.45) is 4.06. The molecule has 0 aliphatic carbocycles. The summed E-state index contributed by atoms with van der Waals surface area (Å²) in [4.78, 5) is 0. The van der Waals surface area contributed by atoms with E-state index in [1.807, 2.05) is 10.7 Å². The van der Waals surface area contributed by atoms with Gasteiger partial charge in [0.15, 0.2) is 0 Å². The highest BCUT2D eigenvalue weighted by atomic mass is 19.3. The third-order valence-electron chi connectivity index (χ3n) is 2.82. The van der Waals surface area contributed by atoms with Crippen molar-refractivity contribution in [1.82, 2.24) is 19.6 Å². The van der Waals surface area contributed by atoms with Crippen LogP contribution >= 0.6 is 0 Å². The fourth-order valence-electron chi connectivity index (χ4n) is 1.86. The second-order valence-electron chi connectivity index (χ2n) is 4.29. The smallest absolute Gasteiger partial charge is 0.333 e. The highest BCUT2D eigenvalue weighted by Gasteiger charge is 2.11. The number of nitrogens with zero attached hydrogens (tertiary/aromatic N) is 4. The summed E-state index contributed by atoms with van der Waals surface area (Å²) in [6.45, 7) is 2.55. The molecule has 0 aromatic carbocycles. The Balaban J connectivity index is 2.04. The van der Waals surface area contributed by atoms with Gasteiger partial charge in [-0.3, -0.25) is 4.68 Å². The van der Waals surface area contributed by atoms with E-state index >= 15 is 0 Å². The highest BCUT2D eigenvalue weighted by Crippen LogP contribution is 2.18. The minimum absolute atomic E-state index is 0.537. The number of aromatic nitrogens is 4. The lowest BCUT2D eigenvalue weighted by Gasteiger charge is -2.07. The van der Waals surface area contributed by atoms with Gasteiger partial charge in [0, 0.05) is 12.7 Å². The maximum Gasteiger partial charge on any atom is 0.333 e. The van der Waals surface area contributed by atoms with Gasteiger partial charge in [-0.2, -0.15) is 19.0 Å². The van der Waals surface area contributed by atoms with Gasteiger partial charge in [-0.15, -0.1) is 0 Å². The van der Waals surface area contributed by atoms with Crippen molar-refractivity contribution >= 4 is 5.69 Å². The molecule has 0 saturated heterocycles. The number of hydrogen-bond acceptors (Lipinski definition) is 3. The van der Waals surface area contributed by atoms with E-state index in [9.17, 15) is 8.78 Å². The van der Waals surface area contributed by atoms with E-state index in [4.69, 9.17) is 0 Å². The molecule has 2 heterocycles. The maximum absolute atomic E-state index is 12.5. The summed E-state index contributed by atoms with van der Waals surface area (Å²) in [5, 5.41) is 11.1. The van der Waals surface area contributed by atoms with E-state index in [1.54, 1.807) is 13.1 Å². The molecule has 0 saturated carbocycles. The van der Waals surface area contributed by atoms with Gasteiger partial charge < -0.3 is 5.32 Å². The molecule has 0 spiro atoms. The Bertz CT molecular complexity index is 532. The molecular formula is C12H17F2N5. The zero-order valence-corrected chi connectivity index (χ0v) is 11.0. The van der Waals surface area contributed by atoms with Crippen LogP contribution in [-0.2, 0) is 13.1 Å². The summed E-state index contributed by atoms with van der Waals surface area (Å²) < 4.78 is 27.6. The average molecular weight is 269 g/mol. The predicted octanol–water partition coefficient (Wildman–Crippen LogP) is 2.81. The number of aryl methyl sites for hydroxylation is 2. The molecule has 5 nitrogen and oxygen atoms in total. The van der Waals surface area contributed by atoms with E-state index in [2.05, 4.69) is 22.4 Å². The molecule has 0 radical (unpaired) electrons. The molecule has 0 aliphatic heterocycles. The molecule has 2 aromatic heterocycles. The number of rotatable bonds is 6. The lowest BCUT2D eigenvalue weighted by Crippen LogP contribution is -2.09. The van der Waals surface area contributed by atoms with Crippen molar-refractivity contribution in [3.05, 3.63) is 29.8 Å². The molecule has 1 N–H and O–H groups in total. The zero-order chi connectivity index (χ0) is 13.8. The van der Waals surface area contributed by atoms with E-state index in [0.29, 0.717) is 22.6 Å². The molecule has 0 aliphatic rings. The number of alkyl halides is 2. The maximum atomic E-state index is 12.5. The van der Waals surface area contributed by atoms with Crippen LogP contribution in [0.25, 0.3) is 0 Å². The first kappa shape index (κ1) is 13.5. The molecule has 19 heavy (non-hydrogen) atoms. The lowest BCUT2D eigenvalue weighted by molar-refractivity contribution is 0.0563. The number of hydrogen-bond donors (Lipinski definition) is 1. The van der Waals surface area contributed by atoms with Crippen molar-refractivity contribution in [3.8, 4) is 0 Å². The van der Waals surface area contributed by atoms with Crippen molar-refractivity contribution in [2.45, 2.75) is 39.9 Å². The van der Waals surface area contributed by atoms with Crippen molar-refractivity contribution < 1.29 is 8.78 Å². The van der Waals surface area contributed by atoms with Crippen molar-refractivity contribution in [2.75, 3.05) is 5.32 Å². The monoisotopic (exact) mass is 269 g/mol. The molecule has 2 rings (SSSR count). The SMILES string of the molecule is CCCn1nccc1CNc1cn(C(F)F)nc1C. The normalized spacial score (nSPS) is 11.2. The minimum Gasteiger partial charge on any atom is -0.377 e. The Hall–Kier alpha value is -1.92. The van der Waals surface area contributed by atoms with E-state index in [-0.39, 0.29) is 0 Å². The average Bonchev–Trinajstić information content (AvgIpc) is 2.94. The summed E-state index contributed by atoms with van der Waals surface area (Å²) in [5.74, 6) is 0. The van der Waals surface area contributed by atoms with Gasteiger partial charge in [0.2, 0.25) is 0 Å². The highest BCUT2D eigenvalue weighted by molar-refractivity contribution is 5.45. The fraction of sp³-hybridized carbons (Fsp3) is 0.500. The molecule has 0 amide bonds. The van der Waals surface area contributed by atoms with E-state index < -0.39 is 6.55 Å². The summed E-state index contributed by atoms with van der Waals surface area (Å²) in [5.41, 5.74) is 2.19. The first-order chi connectivity index (χ1) is 9.11. The Kier molecular flexibility index (Phi) is 4.13. The van der Waals surface area contributed by atoms with Gasteiger partial charge in [-0.05, 0) is 19.4 Å². The lowest BCUT2D eigenvalue weighted by atomic mass is 10.3. The van der Waals surface area contributed by atoms with Crippen LogP contribution < -0.4 is 5.32 Å². The van der Waals surface area contributed by atoms with Gasteiger partial charge in [0.1, 0.15) is 0 Å². The minimum atomic E-state index is -2.61. The number of halogens is 2. The molecule has 104 valence electrons. The van der Waals surface area contributed by atoms with Gasteiger partial charge in [0.05, 0.1) is 29.8 Å². The standard InChI is InChI=1S/C12H17F2N5/c1-3-6-18-10(4-5-16-18)7-15-11-8-19(12(13)14)17-9(11)2/h4-5,8,12,15H,3,6-7H2,1-2H3. The fourth-order valence-corrected chi connectivity index (χ4v) is 1.86. The Labute approximate surface area is 110 Å². The molecule has 0 fully saturated rings. The van der Waals surface area contributed by atoms with Gasteiger partial charge >= 0.3 is 6.55 Å². The largest absolute Gasteiger partial charge is 0.377 e. The Morgan fingerprint density at radius 1 is 1.42 bits per heavy atom. The summed E-state index contributed by atoms with van der Waals surface area (Å²) in [7, 11) is 0. The third kappa shape index (κ3) is 3.10. The van der Waals surface area contributed by atoms with Crippen LogP contribution in [0, 0.1) is 6.92 Å². The summed E-state index contributed by atoms with van der Waals surface area (Å²) in [6, 6.07) is 1.91. The molecular weight excluding hydrogens is 252 g/mol. The molecule has 0 unspecified atom stereocenters. The first-order valence-corrected chi connectivity index (χ1v) is 6.20. The zero-order valence-electron chi connectivity index (χ0n) is 11.0. The molecule has 7 heteroatoms. The Morgan fingerprint density at radius 2 is 2.21 bits per heavy atom. The van der Waals surface area contributed by atoms with E-state index in [0.717, 1.165) is 18.7 Å². The van der Waals surface area contributed by atoms with Crippen LogP contribution in [0.1, 0.15) is 31.3 Å². The van der Waals surface area contributed by atoms with Crippen LogP contribution in [0.2, 0.25) is 0 Å². The van der Waals surface area contributed by atoms with Gasteiger partial charge in [-0.1, -0.05) is 6.92 Å². The number of nitrogens with one attached hydrogen (secondary N) is 1. The van der Waals surface area contributed by atoms with Crippen LogP contribution in [0.4, 0.5) is 14.5 Å². The first-order valence-electron chi connectivity index (χ1n) is 6.20. The second-order valence-corrected chi connectivity index (χ2v) is 4.29. The van der Waals surface area contributed by atoms with Crippen molar-refractivity contribution in [3.63, 3.8) is 0 Å². The molecule has 2 aromatic rings. The van der Waals surface area contributed by atoms with E-state index in [1.165, 1.54) is 6.20 Å². The van der Waals surface area contributed by atoms with Gasteiger partial charge in [-0.25, -0.2) is 4.68 Å². The van der Waals surface area contributed by atoms with Crippen LogP contribution in [0.5, 0.6) is 0 Å². The Morgan fingerprint density at radius 3 is 2.84 bits per heavy atom. The van der Waals surface area contributed by atoms with Crippen LogP contribution in [-0.4, -0.2) is 19.6 Å². The molecule has 0 atom stereocenters. The van der Waals surface area contributed by atoms with Crippen molar-refractivity contribution in [1.29, 1.82) is 0 Å². The number of anilines is 1. The van der Waals surface area contributed by atoms with Crippen LogP contribution in [0.15, 0.2) is 18.5 Å². The predicted molar refractivity (Wildman–Crippen MR) is 68.1 cm³/mol. The quantitative estimate of drug-likeness (QED) is 0.877. The van der Waals surface area contributed by atoms with Crippen molar-refractivity contribution in [2.24, 2.45) is 0 Å². The summed E-state index contributed by atoms with van der Waals surface area (Å²) >= 11 is 0.